The summed E-state index contributed by atoms with van der Waals surface area (Å²) in [4.78, 5) is 0. The smallest absolute Gasteiger partial charge is 0.0406 e. The molecule has 3 unspecified atom stereocenters. The van der Waals surface area contributed by atoms with Gasteiger partial charge in [0, 0.05) is 23.1 Å². The Hall–Kier alpha value is -0.570. The number of rotatable bonds is 4. The van der Waals surface area contributed by atoms with Crippen LogP contribution in [0.2, 0.25) is 5.02 Å². The maximum Gasteiger partial charge on any atom is 0.0406 e. The van der Waals surface area contributed by atoms with Crippen molar-refractivity contribution in [1.82, 2.24) is 5.32 Å². The van der Waals surface area contributed by atoms with Gasteiger partial charge in [0.15, 0.2) is 0 Å². The Balaban J connectivity index is 2.05. The van der Waals surface area contributed by atoms with Crippen LogP contribution in [-0.4, -0.2) is 12.1 Å². The average Bonchev–Trinajstić information content (AvgIpc) is 2.37. The quantitative estimate of drug-likeness (QED) is 0.878. The van der Waals surface area contributed by atoms with Crippen molar-refractivity contribution in [3.8, 4) is 0 Å². The molecule has 3 heteroatoms. The zero-order chi connectivity index (χ0) is 13.8. The van der Waals surface area contributed by atoms with Crippen LogP contribution in [0.1, 0.15) is 51.1 Å². The molecule has 0 heterocycles. The van der Waals surface area contributed by atoms with E-state index in [4.69, 9.17) is 17.3 Å². The minimum atomic E-state index is 0.365. The van der Waals surface area contributed by atoms with Crippen LogP contribution >= 0.6 is 11.6 Å². The van der Waals surface area contributed by atoms with Crippen molar-refractivity contribution in [2.75, 3.05) is 0 Å². The summed E-state index contributed by atoms with van der Waals surface area (Å²) >= 11 is 5.97. The first-order chi connectivity index (χ1) is 9.06. The standard InChI is InChI=1S/C16H25ClN2/c1-11(2)16(12-6-8-13(17)9-7-12)19-15-5-3-4-14(18)10-15/h6-9,11,14-16,19H,3-5,10,18H2,1-2H3. The van der Waals surface area contributed by atoms with Crippen molar-refractivity contribution < 1.29 is 0 Å². The van der Waals surface area contributed by atoms with Gasteiger partial charge in [-0.25, -0.2) is 0 Å². The fourth-order valence-electron chi connectivity index (χ4n) is 2.98. The number of hydrogen-bond donors (Lipinski definition) is 2. The second kappa shape index (κ2) is 6.74. The van der Waals surface area contributed by atoms with Gasteiger partial charge in [0.2, 0.25) is 0 Å². The van der Waals surface area contributed by atoms with Crippen molar-refractivity contribution in [2.45, 2.75) is 57.7 Å². The second-order valence-corrected chi connectivity index (χ2v) is 6.50. The molecule has 0 amide bonds. The Labute approximate surface area is 121 Å². The molecule has 1 aliphatic rings. The Morgan fingerprint density at radius 1 is 1.21 bits per heavy atom. The molecular weight excluding hydrogens is 256 g/mol. The van der Waals surface area contributed by atoms with Crippen LogP contribution in [0.15, 0.2) is 24.3 Å². The third-order valence-electron chi connectivity index (χ3n) is 4.03. The van der Waals surface area contributed by atoms with Crippen LogP contribution in [0.25, 0.3) is 0 Å². The molecule has 0 spiro atoms. The summed E-state index contributed by atoms with van der Waals surface area (Å²) in [5.41, 5.74) is 7.40. The van der Waals surface area contributed by atoms with E-state index in [2.05, 4.69) is 31.3 Å². The molecule has 0 saturated heterocycles. The first-order valence-corrected chi connectivity index (χ1v) is 7.71. The summed E-state index contributed by atoms with van der Waals surface area (Å²) in [5, 5.41) is 4.60. The lowest BCUT2D eigenvalue weighted by Gasteiger charge is -2.33. The number of nitrogens with two attached hydrogens (primary N) is 1. The van der Waals surface area contributed by atoms with Crippen LogP contribution in [-0.2, 0) is 0 Å². The molecule has 106 valence electrons. The molecule has 1 fully saturated rings. The van der Waals surface area contributed by atoms with Crippen LogP contribution in [0.3, 0.4) is 0 Å². The molecule has 0 aliphatic heterocycles. The monoisotopic (exact) mass is 280 g/mol. The average molecular weight is 281 g/mol. The van der Waals surface area contributed by atoms with E-state index < -0.39 is 0 Å². The topological polar surface area (TPSA) is 38.0 Å². The van der Waals surface area contributed by atoms with Gasteiger partial charge in [-0.1, -0.05) is 44.0 Å². The maximum absolute atomic E-state index is 6.08. The Morgan fingerprint density at radius 3 is 2.47 bits per heavy atom. The third-order valence-corrected chi connectivity index (χ3v) is 4.28. The van der Waals surface area contributed by atoms with E-state index in [1.165, 1.54) is 24.8 Å². The van der Waals surface area contributed by atoms with E-state index in [9.17, 15) is 0 Å². The number of halogens is 1. The lowest BCUT2D eigenvalue weighted by molar-refractivity contribution is 0.283. The minimum Gasteiger partial charge on any atom is -0.328 e. The van der Waals surface area contributed by atoms with E-state index in [0.29, 0.717) is 24.0 Å². The number of benzene rings is 1. The molecule has 1 aromatic carbocycles. The highest BCUT2D eigenvalue weighted by Crippen LogP contribution is 2.27. The lowest BCUT2D eigenvalue weighted by atomic mass is 9.88. The van der Waals surface area contributed by atoms with Gasteiger partial charge in [-0.3, -0.25) is 0 Å². The maximum atomic E-state index is 6.08. The van der Waals surface area contributed by atoms with Crippen LogP contribution in [0.5, 0.6) is 0 Å². The fraction of sp³-hybridized carbons (Fsp3) is 0.625. The summed E-state index contributed by atoms with van der Waals surface area (Å²) in [6, 6.07) is 9.50. The molecule has 3 N–H and O–H groups in total. The third kappa shape index (κ3) is 4.20. The molecule has 1 aliphatic carbocycles. The van der Waals surface area contributed by atoms with Crippen LogP contribution in [0, 0.1) is 5.92 Å². The number of hydrogen-bond acceptors (Lipinski definition) is 2. The number of nitrogens with one attached hydrogen (secondary N) is 1. The lowest BCUT2D eigenvalue weighted by Crippen LogP contribution is -2.42. The summed E-state index contributed by atoms with van der Waals surface area (Å²) in [7, 11) is 0. The molecule has 3 atom stereocenters. The first kappa shape index (κ1) is 14.8. The van der Waals surface area contributed by atoms with E-state index in [-0.39, 0.29) is 0 Å². The van der Waals surface area contributed by atoms with Crippen LogP contribution in [0.4, 0.5) is 0 Å². The highest BCUT2D eigenvalue weighted by Gasteiger charge is 2.24. The SMILES string of the molecule is CC(C)C(NC1CCCC(N)C1)c1ccc(Cl)cc1. The van der Waals surface area contributed by atoms with E-state index in [1.807, 2.05) is 12.1 Å². The Bertz CT molecular complexity index is 388. The summed E-state index contributed by atoms with van der Waals surface area (Å²) in [5.74, 6) is 0.555. The summed E-state index contributed by atoms with van der Waals surface area (Å²) in [6.45, 7) is 4.52. The molecule has 2 rings (SSSR count). The summed E-state index contributed by atoms with van der Waals surface area (Å²) in [6.07, 6.45) is 4.75. The molecule has 2 nitrogen and oxygen atoms in total. The fourth-order valence-corrected chi connectivity index (χ4v) is 3.10. The highest BCUT2D eigenvalue weighted by atomic mass is 35.5. The van der Waals surface area contributed by atoms with Crippen molar-refractivity contribution >= 4 is 11.6 Å². The Morgan fingerprint density at radius 2 is 1.89 bits per heavy atom. The first-order valence-electron chi connectivity index (χ1n) is 7.33. The molecular formula is C16H25ClN2. The van der Waals surface area contributed by atoms with E-state index in [0.717, 1.165) is 11.4 Å². The summed E-state index contributed by atoms with van der Waals surface area (Å²) < 4.78 is 0. The van der Waals surface area contributed by atoms with Gasteiger partial charge in [0.1, 0.15) is 0 Å². The zero-order valence-electron chi connectivity index (χ0n) is 11.9. The second-order valence-electron chi connectivity index (χ2n) is 6.06. The van der Waals surface area contributed by atoms with Gasteiger partial charge < -0.3 is 11.1 Å². The van der Waals surface area contributed by atoms with E-state index >= 15 is 0 Å². The van der Waals surface area contributed by atoms with Gasteiger partial charge in [0.25, 0.3) is 0 Å². The predicted octanol–water partition coefficient (Wildman–Crippen LogP) is 3.90. The van der Waals surface area contributed by atoms with Crippen molar-refractivity contribution in [3.05, 3.63) is 34.9 Å². The Kier molecular flexibility index (Phi) is 5.26. The largest absolute Gasteiger partial charge is 0.328 e. The predicted molar refractivity (Wildman–Crippen MR) is 82.4 cm³/mol. The van der Waals surface area contributed by atoms with Crippen molar-refractivity contribution in [2.24, 2.45) is 11.7 Å². The molecule has 0 bridgehead atoms. The van der Waals surface area contributed by atoms with Gasteiger partial charge in [-0.2, -0.15) is 0 Å². The normalized spacial score (nSPS) is 25.5. The molecule has 0 aromatic heterocycles. The van der Waals surface area contributed by atoms with Gasteiger partial charge in [0.05, 0.1) is 0 Å². The van der Waals surface area contributed by atoms with Crippen molar-refractivity contribution in [1.29, 1.82) is 0 Å². The zero-order valence-corrected chi connectivity index (χ0v) is 12.7. The van der Waals surface area contributed by atoms with Gasteiger partial charge in [-0.05, 0) is 42.9 Å². The molecule has 0 radical (unpaired) electrons. The van der Waals surface area contributed by atoms with Gasteiger partial charge >= 0.3 is 0 Å². The van der Waals surface area contributed by atoms with Crippen LogP contribution < -0.4 is 11.1 Å². The van der Waals surface area contributed by atoms with Crippen molar-refractivity contribution in [3.63, 3.8) is 0 Å². The van der Waals surface area contributed by atoms with Gasteiger partial charge in [-0.15, -0.1) is 0 Å². The molecule has 1 aromatic rings. The molecule has 1 saturated carbocycles. The van der Waals surface area contributed by atoms with E-state index in [1.54, 1.807) is 0 Å². The minimum absolute atomic E-state index is 0.365. The highest BCUT2D eigenvalue weighted by molar-refractivity contribution is 6.30. The molecule has 19 heavy (non-hydrogen) atoms.